The van der Waals surface area contributed by atoms with Crippen LogP contribution in [-0.2, 0) is 6.42 Å². The summed E-state index contributed by atoms with van der Waals surface area (Å²) in [5.74, 6) is 0.842. The number of hydrogen-bond donors (Lipinski definition) is 0. The van der Waals surface area contributed by atoms with Crippen LogP contribution >= 0.6 is 0 Å². The van der Waals surface area contributed by atoms with Gasteiger partial charge < -0.3 is 0 Å². The lowest BCUT2D eigenvalue weighted by atomic mass is 10.0. The number of nitrogens with zero attached hydrogens (tertiary/aromatic N) is 1. The number of aryl methyl sites for hydroxylation is 1. The number of pyridine rings is 1. The first-order valence-electron chi connectivity index (χ1n) is 5.18. The summed E-state index contributed by atoms with van der Waals surface area (Å²) in [6.07, 6.45) is 8.96. The van der Waals surface area contributed by atoms with Gasteiger partial charge in [0.15, 0.2) is 0 Å². The van der Waals surface area contributed by atoms with E-state index in [2.05, 4.69) is 24.9 Å². The predicted molar refractivity (Wildman–Crippen MR) is 56.6 cm³/mol. The maximum Gasteiger partial charge on any atom is 0.0299 e. The third kappa shape index (κ3) is 4.66. The lowest BCUT2D eigenvalue weighted by molar-refractivity contribution is 0.538. The first-order valence-corrected chi connectivity index (χ1v) is 5.18. The normalized spacial score (nSPS) is 10.7. The molecule has 0 amide bonds. The Morgan fingerprint density at radius 2 is 2.15 bits per heavy atom. The van der Waals surface area contributed by atoms with Gasteiger partial charge in [-0.15, -0.1) is 0 Å². The summed E-state index contributed by atoms with van der Waals surface area (Å²) in [6, 6.07) is 4.17. The SMILES string of the molecule is CC(C)CCCCc1cccnc1. The molecule has 0 fully saturated rings. The van der Waals surface area contributed by atoms with E-state index in [4.69, 9.17) is 0 Å². The molecule has 1 aromatic rings. The van der Waals surface area contributed by atoms with Crippen molar-refractivity contribution >= 4 is 0 Å². The van der Waals surface area contributed by atoms with Gasteiger partial charge in [0.1, 0.15) is 0 Å². The van der Waals surface area contributed by atoms with Gasteiger partial charge in [-0.1, -0.05) is 32.8 Å². The van der Waals surface area contributed by atoms with E-state index >= 15 is 0 Å². The van der Waals surface area contributed by atoms with Crippen molar-refractivity contribution in [2.45, 2.75) is 39.5 Å². The van der Waals surface area contributed by atoms with Crippen LogP contribution in [0.25, 0.3) is 0 Å². The number of rotatable bonds is 5. The van der Waals surface area contributed by atoms with Crippen LogP contribution in [0.4, 0.5) is 0 Å². The molecule has 1 aromatic heterocycles. The monoisotopic (exact) mass is 177 g/mol. The molecule has 0 aliphatic rings. The molecule has 0 spiro atoms. The maximum atomic E-state index is 4.10. The average molecular weight is 177 g/mol. The third-order valence-electron chi connectivity index (χ3n) is 2.22. The maximum absolute atomic E-state index is 4.10. The van der Waals surface area contributed by atoms with Gasteiger partial charge in [0, 0.05) is 12.4 Å². The predicted octanol–water partition coefficient (Wildman–Crippen LogP) is 3.45. The van der Waals surface area contributed by atoms with Crippen LogP contribution in [0.2, 0.25) is 0 Å². The van der Waals surface area contributed by atoms with E-state index in [-0.39, 0.29) is 0 Å². The molecule has 0 aliphatic carbocycles. The molecular formula is C12H19N. The quantitative estimate of drug-likeness (QED) is 0.628. The van der Waals surface area contributed by atoms with Crippen molar-refractivity contribution in [3.8, 4) is 0 Å². The Hall–Kier alpha value is -0.850. The van der Waals surface area contributed by atoms with Crippen LogP contribution in [-0.4, -0.2) is 4.98 Å². The van der Waals surface area contributed by atoms with Gasteiger partial charge in [0.25, 0.3) is 0 Å². The smallest absolute Gasteiger partial charge is 0.0299 e. The summed E-state index contributed by atoms with van der Waals surface area (Å²) in [7, 11) is 0. The Bertz CT molecular complexity index is 216. The first-order chi connectivity index (χ1) is 6.29. The first kappa shape index (κ1) is 10.2. The largest absolute Gasteiger partial charge is 0.264 e. The number of unbranched alkanes of at least 4 members (excludes halogenated alkanes) is 1. The van der Waals surface area contributed by atoms with E-state index in [1.165, 1.54) is 31.2 Å². The zero-order valence-electron chi connectivity index (χ0n) is 8.66. The minimum Gasteiger partial charge on any atom is -0.264 e. The average Bonchev–Trinajstić information content (AvgIpc) is 2.14. The van der Waals surface area contributed by atoms with Crippen molar-refractivity contribution in [2.75, 3.05) is 0 Å². The Balaban J connectivity index is 2.13. The van der Waals surface area contributed by atoms with Gasteiger partial charge in [-0.05, 0) is 30.4 Å². The van der Waals surface area contributed by atoms with Crippen molar-refractivity contribution in [1.82, 2.24) is 4.98 Å². The van der Waals surface area contributed by atoms with Crippen molar-refractivity contribution in [1.29, 1.82) is 0 Å². The minimum atomic E-state index is 0.842. The van der Waals surface area contributed by atoms with E-state index in [1.807, 2.05) is 18.5 Å². The van der Waals surface area contributed by atoms with Crippen LogP contribution in [0, 0.1) is 5.92 Å². The molecule has 72 valence electrons. The van der Waals surface area contributed by atoms with Crippen molar-refractivity contribution in [3.05, 3.63) is 30.1 Å². The van der Waals surface area contributed by atoms with Gasteiger partial charge in [-0.2, -0.15) is 0 Å². The molecule has 0 unspecified atom stereocenters. The highest BCUT2D eigenvalue weighted by molar-refractivity contribution is 5.08. The standard InChI is InChI=1S/C12H19N/c1-11(2)6-3-4-7-12-8-5-9-13-10-12/h5,8-11H,3-4,6-7H2,1-2H3. The van der Waals surface area contributed by atoms with Crippen molar-refractivity contribution in [3.63, 3.8) is 0 Å². The highest BCUT2D eigenvalue weighted by Gasteiger charge is 1.95. The van der Waals surface area contributed by atoms with Crippen molar-refractivity contribution < 1.29 is 0 Å². The molecule has 0 aliphatic heterocycles. The second-order valence-corrected chi connectivity index (χ2v) is 4.00. The lowest BCUT2D eigenvalue weighted by Gasteiger charge is -2.03. The molecule has 0 atom stereocenters. The Morgan fingerprint density at radius 1 is 1.31 bits per heavy atom. The van der Waals surface area contributed by atoms with Gasteiger partial charge >= 0.3 is 0 Å². The van der Waals surface area contributed by atoms with E-state index in [9.17, 15) is 0 Å². The molecule has 0 bridgehead atoms. The molecular weight excluding hydrogens is 158 g/mol. The summed E-state index contributed by atoms with van der Waals surface area (Å²) in [5, 5.41) is 0. The molecule has 1 heterocycles. The highest BCUT2D eigenvalue weighted by atomic mass is 14.6. The molecule has 0 N–H and O–H groups in total. The van der Waals surface area contributed by atoms with Gasteiger partial charge in [-0.3, -0.25) is 4.98 Å². The van der Waals surface area contributed by atoms with Crippen molar-refractivity contribution in [2.24, 2.45) is 5.92 Å². The fourth-order valence-electron chi connectivity index (χ4n) is 1.43. The number of hydrogen-bond acceptors (Lipinski definition) is 1. The highest BCUT2D eigenvalue weighted by Crippen LogP contribution is 2.09. The molecule has 0 saturated heterocycles. The topological polar surface area (TPSA) is 12.9 Å². The van der Waals surface area contributed by atoms with Crippen LogP contribution in [0.5, 0.6) is 0 Å². The Morgan fingerprint density at radius 3 is 2.77 bits per heavy atom. The van der Waals surface area contributed by atoms with Crippen LogP contribution in [0.3, 0.4) is 0 Å². The Kier molecular flexibility index (Phi) is 4.52. The molecule has 0 radical (unpaired) electrons. The fraction of sp³-hybridized carbons (Fsp3) is 0.583. The van der Waals surface area contributed by atoms with Crippen LogP contribution in [0.1, 0.15) is 38.7 Å². The fourth-order valence-corrected chi connectivity index (χ4v) is 1.43. The molecule has 13 heavy (non-hydrogen) atoms. The summed E-state index contributed by atoms with van der Waals surface area (Å²) in [6.45, 7) is 4.56. The van der Waals surface area contributed by atoms with Gasteiger partial charge in [-0.25, -0.2) is 0 Å². The van der Waals surface area contributed by atoms with Gasteiger partial charge in [0.2, 0.25) is 0 Å². The minimum absolute atomic E-state index is 0.842. The third-order valence-corrected chi connectivity index (χ3v) is 2.22. The second kappa shape index (κ2) is 5.74. The molecule has 0 aromatic carbocycles. The van der Waals surface area contributed by atoms with Crippen LogP contribution < -0.4 is 0 Å². The summed E-state index contributed by atoms with van der Waals surface area (Å²) in [4.78, 5) is 4.10. The zero-order valence-corrected chi connectivity index (χ0v) is 8.66. The van der Waals surface area contributed by atoms with E-state index < -0.39 is 0 Å². The molecule has 1 nitrogen and oxygen atoms in total. The van der Waals surface area contributed by atoms with Gasteiger partial charge in [0.05, 0.1) is 0 Å². The molecule has 1 rings (SSSR count). The lowest BCUT2D eigenvalue weighted by Crippen LogP contribution is -1.90. The van der Waals surface area contributed by atoms with Crippen LogP contribution in [0.15, 0.2) is 24.5 Å². The van der Waals surface area contributed by atoms with E-state index in [0.29, 0.717) is 0 Å². The Labute approximate surface area is 81.2 Å². The summed E-state index contributed by atoms with van der Waals surface area (Å²) < 4.78 is 0. The van der Waals surface area contributed by atoms with E-state index in [1.54, 1.807) is 0 Å². The summed E-state index contributed by atoms with van der Waals surface area (Å²) in [5.41, 5.74) is 1.37. The number of aromatic nitrogens is 1. The molecule has 1 heteroatoms. The second-order valence-electron chi connectivity index (χ2n) is 4.00. The zero-order chi connectivity index (χ0) is 9.52. The summed E-state index contributed by atoms with van der Waals surface area (Å²) >= 11 is 0. The molecule has 0 saturated carbocycles. The van der Waals surface area contributed by atoms with E-state index in [0.717, 1.165) is 5.92 Å².